The zero-order valence-corrected chi connectivity index (χ0v) is 11.5. The van der Waals surface area contributed by atoms with Crippen LogP contribution in [0, 0.1) is 5.82 Å². The van der Waals surface area contributed by atoms with Gasteiger partial charge in [-0.15, -0.1) is 0 Å². The molecular formula is C15H19FN2O2. The van der Waals surface area contributed by atoms with Crippen LogP contribution in [0.15, 0.2) is 12.1 Å². The molecule has 1 saturated heterocycles. The summed E-state index contributed by atoms with van der Waals surface area (Å²) in [5.74, 6) is -0.256. The summed E-state index contributed by atoms with van der Waals surface area (Å²) in [6.07, 6.45) is 2.96. The van der Waals surface area contributed by atoms with Gasteiger partial charge in [0.15, 0.2) is 0 Å². The molecular weight excluding hydrogens is 259 g/mol. The number of halogens is 1. The monoisotopic (exact) mass is 278 g/mol. The summed E-state index contributed by atoms with van der Waals surface area (Å²) in [7, 11) is 0. The number of rotatable bonds is 2. The highest BCUT2D eigenvalue weighted by atomic mass is 19.1. The smallest absolute Gasteiger partial charge is 0.224 e. The van der Waals surface area contributed by atoms with Crippen LogP contribution < -0.4 is 10.6 Å². The number of benzene rings is 1. The molecule has 3 rings (SSSR count). The number of ether oxygens (including phenoxy) is 1. The van der Waals surface area contributed by atoms with Gasteiger partial charge in [-0.3, -0.25) is 4.79 Å². The van der Waals surface area contributed by atoms with E-state index in [0.717, 1.165) is 24.1 Å². The van der Waals surface area contributed by atoms with Gasteiger partial charge in [-0.05, 0) is 43.9 Å². The van der Waals surface area contributed by atoms with Gasteiger partial charge < -0.3 is 15.4 Å². The minimum atomic E-state index is -0.251. The quantitative estimate of drug-likeness (QED) is 0.874. The number of nitrogens with one attached hydrogen (secondary N) is 2. The molecule has 4 nitrogen and oxygen atoms in total. The van der Waals surface area contributed by atoms with Crippen LogP contribution in [0.25, 0.3) is 0 Å². The molecule has 5 heteroatoms. The second-order valence-corrected chi connectivity index (χ2v) is 5.58. The molecule has 1 aromatic rings. The lowest BCUT2D eigenvalue weighted by Crippen LogP contribution is -2.32. The first-order valence-electron chi connectivity index (χ1n) is 7.12. The van der Waals surface area contributed by atoms with Crippen LogP contribution in [0.3, 0.4) is 0 Å². The van der Waals surface area contributed by atoms with Crippen molar-refractivity contribution in [3.63, 3.8) is 0 Å². The number of carbonyl (C=O) groups is 1. The van der Waals surface area contributed by atoms with Crippen LogP contribution in [0.4, 0.5) is 15.8 Å². The van der Waals surface area contributed by atoms with Crippen molar-refractivity contribution >= 4 is 17.3 Å². The Bertz CT molecular complexity index is 533. The van der Waals surface area contributed by atoms with Crippen molar-refractivity contribution in [1.29, 1.82) is 0 Å². The zero-order chi connectivity index (χ0) is 14.1. The van der Waals surface area contributed by atoms with Crippen LogP contribution in [0.5, 0.6) is 0 Å². The Morgan fingerprint density at radius 2 is 2.25 bits per heavy atom. The summed E-state index contributed by atoms with van der Waals surface area (Å²) in [5.41, 5.74) is 2.06. The number of hydrogen-bond acceptors (Lipinski definition) is 3. The standard InChI is InChI=1S/C15H19FN2O2/c1-9-6-11(4-5-20-9)17-14-8-13-10(7-12(14)16)2-3-15(19)18-13/h7-9,11,17H,2-6H2,1H3,(H,18,19). The van der Waals surface area contributed by atoms with Gasteiger partial charge in [-0.1, -0.05) is 0 Å². The Labute approximate surface area is 117 Å². The third-order valence-electron chi connectivity index (χ3n) is 3.93. The second-order valence-electron chi connectivity index (χ2n) is 5.58. The van der Waals surface area contributed by atoms with E-state index >= 15 is 0 Å². The molecule has 0 saturated carbocycles. The number of anilines is 2. The Hall–Kier alpha value is -1.62. The van der Waals surface area contributed by atoms with Gasteiger partial charge in [0.1, 0.15) is 5.82 Å². The predicted octanol–water partition coefficient (Wildman–Crippen LogP) is 2.69. The van der Waals surface area contributed by atoms with Gasteiger partial charge in [0, 0.05) is 24.8 Å². The maximum Gasteiger partial charge on any atom is 0.224 e. The SMILES string of the molecule is CC1CC(Nc2cc3c(cc2F)CCC(=O)N3)CCO1. The molecule has 1 amide bonds. The van der Waals surface area contributed by atoms with Crippen LogP contribution in [0.2, 0.25) is 0 Å². The van der Waals surface area contributed by atoms with Gasteiger partial charge in [0.25, 0.3) is 0 Å². The van der Waals surface area contributed by atoms with Crippen molar-refractivity contribution in [3.8, 4) is 0 Å². The summed E-state index contributed by atoms with van der Waals surface area (Å²) in [5, 5.41) is 6.04. The summed E-state index contributed by atoms with van der Waals surface area (Å²) in [6.45, 7) is 2.72. The number of aryl methyl sites for hydroxylation is 1. The van der Waals surface area contributed by atoms with E-state index in [1.54, 1.807) is 6.07 Å². The largest absolute Gasteiger partial charge is 0.380 e. The van der Waals surface area contributed by atoms with Gasteiger partial charge in [-0.2, -0.15) is 0 Å². The van der Waals surface area contributed by atoms with E-state index in [-0.39, 0.29) is 23.9 Å². The van der Waals surface area contributed by atoms with Gasteiger partial charge in [-0.25, -0.2) is 4.39 Å². The molecule has 2 aliphatic heterocycles. The molecule has 2 unspecified atom stereocenters. The highest BCUT2D eigenvalue weighted by Gasteiger charge is 2.22. The molecule has 2 heterocycles. The van der Waals surface area contributed by atoms with Crippen molar-refractivity contribution in [2.45, 2.75) is 44.8 Å². The topological polar surface area (TPSA) is 50.4 Å². The first-order valence-corrected chi connectivity index (χ1v) is 7.12. The summed E-state index contributed by atoms with van der Waals surface area (Å²) < 4.78 is 19.6. The van der Waals surface area contributed by atoms with Crippen LogP contribution >= 0.6 is 0 Å². The van der Waals surface area contributed by atoms with E-state index in [9.17, 15) is 9.18 Å². The van der Waals surface area contributed by atoms with Crippen LogP contribution in [-0.4, -0.2) is 24.7 Å². The lowest BCUT2D eigenvalue weighted by Gasteiger charge is -2.29. The molecule has 0 bridgehead atoms. The average Bonchev–Trinajstić information content (AvgIpc) is 2.40. The minimum Gasteiger partial charge on any atom is -0.380 e. The van der Waals surface area contributed by atoms with Crippen LogP contribution in [-0.2, 0) is 16.0 Å². The third-order valence-corrected chi connectivity index (χ3v) is 3.93. The van der Waals surface area contributed by atoms with E-state index in [2.05, 4.69) is 10.6 Å². The molecule has 20 heavy (non-hydrogen) atoms. The molecule has 108 valence electrons. The second kappa shape index (κ2) is 5.40. The fourth-order valence-electron chi connectivity index (χ4n) is 2.86. The molecule has 0 spiro atoms. The lowest BCUT2D eigenvalue weighted by molar-refractivity contribution is -0.116. The molecule has 2 atom stereocenters. The lowest BCUT2D eigenvalue weighted by atomic mass is 10.0. The number of fused-ring (bicyclic) bond motifs is 1. The minimum absolute atomic E-state index is 0.00486. The summed E-state index contributed by atoms with van der Waals surface area (Å²) >= 11 is 0. The van der Waals surface area contributed by atoms with Crippen molar-refractivity contribution in [1.82, 2.24) is 0 Å². The Balaban J connectivity index is 1.79. The van der Waals surface area contributed by atoms with Gasteiger partial charge >= 0.3 is 0 Å². The van der Waals surface area contributed by atoms with Crippen molar-refractivity contribution in [2.75, 3.05) is 17.2 Å². The fourth-order valence-corrected chi connectivity index (χ4v) is 2.86. The number of hydrogen-bond donors (Lipinski definition) is 2. The van der Waals surface area contributed by atoms with Crippen LogP contribution in [0.1, 0.15) is 31.7 Å². The van der Waals surface area contributed by atoms with E-state index in [1.807, 2.05) is 6.92 Å². The molecule has 2 N–H and O–H groups in total. The molecule has 0 aromatic heterocycles. The molecule has 0 aliphatic carbocycles. The van der Waals surface area contributed by atoms with Crippen molar-refractivity contribution < 1.29 is 13.9 Å². The average molecular weight is 278 g/mol. The highest BCUT2D eigenvalue weighted by molar-refractivity contribution is 5.94. The predicted molar refractivity (Wildman–Crippen MR) is 75.4 cm³/mol. The number of carbonyl (C=O) groups excluding carboxylic acids is 1. The van der Waals surface area contributed by atoms with Gasteiger partial charge in [0.05, 0.1) is 11.8 Å². The summed E-state index contributed by atoms with van der Waals surface area (Å²) in [6, 6.07) is 3.45. The van der Waals surface area contributed by atoms with E-state index < -0.39 is 0 Å². The molecule has 2 aliphatic rings. The molecule has 1 fully saturated rings. The first kappa shape index (κ1) is 13.4. The summed E-state index contributed by atoms with van der Waals surface area (Å²) in [4.78, 5) is 11.4. The van der Waals surface area contributed by atoms with Crippen molar-refractivity contribution in [3.05, 3.63) is 23.5 Å². The van der Waals surface area contributed by atoms with Crippen molar-refractivity contribution in [2.24, 2.45) is 0 Å². The normalized spacial score (nSPS) is 25.8. The maximum absolute atomic E-state index is 14.1. The highest BCUT2D eigenvalue weighted by Crippen LogP contribution is 2.30. The first-order chi connectivity index (χ1) is 9.61. The van der Waals surface area contributed by atoms with E-state index in [1.165, 1.54) is 6.07 Å². The van der Waals surface area contributed by atoms with Gasteiger partial charge in [0.2, 0.25) is 5.91 Å². The Morgan fingerprint density at radius 1 is 1.40 bits per heavy atom. The molecule has 0 radical (unpaired) electrons. The zero-order valence-electron chi connectivity index (χ0n) is 11.5. The maximum atomic E-state index is 14.1. The Morgan fingerprint density at radius 3 is 3.05 bits per heavy atom. The Kier molecular flexibility index (Phi) is 3.61. The van der Waals surface area contributed by atoms with E-state index in [4.69, 9.17) is 4.74 Å². The fraction of sp³-hybridized carbons (Fsp3) is 0.533. The third kappa shape index (κ3) is 2.77. The van der Waals surface area contributed by atoms with E-state index in [0.29, 0.717) is 25.1 Å². The molecule has 1 aromatic carbocycles. The number of amides is 1.